The minimum atomic E-state index is -0.428. The summed E-state index contributed by atoms with van der Waals surface area (Å²) in [6.45, 7) is 6.16. The summed E-state index contributed by atoms with van der Waals surface area (Å²) in [5.74, 6) is 0.771. The monoisotopic (exact) mass is 271 g/mol. The van der Waals surface area contributed by atoms with Gasteiger partial charge in [0.25, 0.3) is 0 Å². The first kappa shape index (κ1) is 13.4. The van der Waals surface area contributed by atoms with Crippen LogP contribution in [0.2, 0.25) is 0 Å². The fourth-order valence-corrected chi connectivity index (χ4v) is 2.92. The van der Waals surface area contributed by atoms with Crippen LogP contribution < -0.4 is 4.74 Å². The molecule has 0 radical (unpaired) electrons. The normalized spacial score (nSPS) is 25.0. The Bertz CT molecular complexity index is 636. The Morgan fingerprint density at radius 3 is 2.75 bits per heavy atom. The van der Waals surface area contributed by atoms with Crippen LogP contribution in [0.25, 0.3) is 10.9 Å². The molecule has 1 aliphatic carbocycles. The number of aromatic nitrogens is 1. The lowest BCUT2D eigenvalue weighted by Gasteiger charge is -2.26. The van der Waals surface area contributed by atoms with E-state index in [0.717, 1.165) is 35.2 Å². The topological polar surface area (TPSA) is 42.4 Å². The SMILES string of the molecule is Cc1ccc2cccc(OC3CCC(C)(C)C3O)c2n1. The zero-order valence-electron chi connectivity index (χ0n) is 12.3. The van der Waals surface area contributed by atoms with Gasteiger partial charge in [0.2, 0.25) is 0 Å². The highest BCUT2D eigenvalue weighted by Crippen LogP contribution is 2.40. The minimum Gasteiger partial charge on any atom is -0.485 e. The number of hydrogen-bond acceptors (Lipinski definition) is 3. The van der Waals surface area contributed by atoms with Crippen LogP contribution in [-0.4, -0.2) is 22.3 Å². The summed E-state index contributed by atoms with van der Waals surface area (Å²) in [5.41, 5.74) is 1.78. The Kier molecular flexibility index (Phi) is 3.17. The molecule has 0 saturated heterocycles. The second-order valence-electron chi connectivity index (χ2n) is 6.41. The van der Waals surface area contributed by atoms with Crippen molar-refractivity contribution < 1.29 is 9.84 Å². The number of ether oxygens (including phenoxy) is 1. The predicted molar refractivity (Wildman–Crippen MR) is 79.9 cm³/mol. The van der Waals surface area contributed by atoms with Crippen LogP contribution in [0.4, 0.5) is 0 Å². The summed E-state index contributed by atoms with van der Waals surface area (Å²) < 4.78 is 6.08. The highest BCUT2D eigenvalue weighted by Gasteiger charge is 2.42. The average Bonchev–Trinajstić information content (AvgIpc) is 2.66. The number of nitrogens with zero attached hydrogens (tertiary/aromatic N) is 1. The van der Waals surface area contributed by atoms with E-state index in [1.54, 1.807) is 0 Å². The lowest BCUT2D eigenvalue weighted by atomic mass is 9.89. The van der Waals surface area contributed by atoms with Gasteiger partial charge >= 0.3 is 0 Å². The molecule has 1 fully saturated rings. The van der Waals surface area contributed by atoms with E-state index in [1.165, 1.54) is 0 Å². The van der Waals surface area contributed by atoms with E-state index >= 15 is 0 Å². The second-order valence-corrected chi connectivity index (χ2v) is 6.41. The second kappa shape index (κ2) is 4.74. The zero-order chi connectivity index (χ0) is 14.3. The van der Waals surface area contributed by atoms with E-state index in [1.807, 2.05) is 31.2 Å². The molecule has 1 aromatic carbocycles. The highest BCUT2D eigenvalue weighted by molar-refractivity contribution is 5.84. The molecule has 1 aromatic heterocycles. The Balaban J connectivity index is 1.94. The maximum atomic E-state index is 10.4. The van der Waals surface area contributed by atoms with Crippen molar-refractivity contribution >= 4 is 10.9 Å². The van der Waals surface area contributed by atoms with Crippen molar-refractivity contribution in [3.63, 3.8) is 0 Å². The Labute approximate surface area is 119 Å². The van der Waals surface area contributed by atoms with E-state index in [-0.39, 0.29) is 11.5 Å². The number of benzene rings is 1. The molecule has 3 rings (SSSR count). The van der Waals surface area contributed by atoms with Crippen molar-refractivity contribution in [2.24, 2.45) is 5.41 Å². The Hall–Kier alpha value is -1.61. The van der Waals surface area contributed by atoms with Gasteiger partial charge in [-0.15, -0.1) is 0 Å². The minimum absolute atomic E-state index is 0.0708. The number of para-hydroxylation sites is 1. The molecule has 2 unspecified atom stereocenters. The predicted octanol–water partition coefficient (Wildman–Crippen LogP) is 3.47. The zero-order valence-corrected chi connectivity index (χ0v) is 12.3. The summed E-state index contributed by atoms with van der Waals surface area (Å²) >= 11 is 0. The van der Waals surface area contributed by atoms with Crippen molar-refractivity contribution in [1.29, 1.82) is 0 Å². The molecule has 1 heterocycles. The van der Waals surface area contributed by atoms with E-state index in [4.69, 9.17) is 4.74 Å². The number of aliphatic hydroxyl groups excluding tert-OH is 1. The van der Waals surface area contributed by atoms with Crippen LogP contribution in [0, 0.1) is 12.3 Å². The van der Waals surface area contributed by atoms with Gasteiger partial charge in [0, 0.05) is 11.1 Å². The lowest BCUT2D eigenvalue weighted by molar-refractivity contribution is 0.00545. The molecule has 20 heavy (non-hydrogen) atoms. The van der Waals surface area contributed by atoms with Gasteiger partial charge in [0.05, 0.1) is 6.10 Å². The van der Waals surface area contributed by atoms with Crippen molar-refractivity contribution in [2.45, 2.75) is 45.8 Å². The molecule has 2 aromatic rings. The molecule has 106 valence electrons. The van der Waals surface area contributed by atoms with Gasteiger partial charge in [-0.3, -0.25) is 0 Å². The molecule has 1 aliphatic rings. The molecule has 1 saturated carbocycles. The van der Waals surface area contributed by atoms with Gasteiger partial charge in [-0.25, -0.2) is 4.98 Å². The van der Waals surface area contributed by atoms with E-state index in [9.17, 15) is 5.11 Å². The van der Waals surface area contributed by atoms with Crippen LogP contribution >= 0.6 is 0 Å². The van der Waals surface area contributed by atoms with Gasteiger partial charge in [-0.2, -0.15) is 0 Å². The average molecular weight is 271 g/mol. The molecule has 0 bridgehead atoms. The van der Waals surface area contributed by atoms with Crippen LogP contribution in [0.3, 0.4) is 0 Å². The molecule has 3 nitrogen and oxygen atoms in total. The Morgan fingerprint density at radius 1 is 1.25 bits per heavy atom. The van der Waals surface area contributed by atoms with Gasteiger partial charge in [-0.1, -0.05) is 32.0 Å². The molecule has 1 N–H and O–H groups in total. The number of aryl methyl sites for hydroxylation is 1. The van der Waals surface area contributed by atoms with Crippen molar-refractivity contribution in [3.8, 4) is 5.75 Å². The first-order valence-corrected chi connectivity index (χ1v) is 7.18. The molecular formula is C17H21NO2. The first-order valence-electron chi connectivity index (χ1n) is 7.18. The van der Waals surface area contributed by atoms with Crippen molar-refractivity contribution in [1.82, 2.24) is 4.98 Å². The Morgan fingerprint density at radius 2 is 2.05 bits per heavy atom. The summed E-state index contributed by atoms with van der Waals surface area (Å²) in [6, 6.07) is 10.00. The van der Waals surface area contributed by atoms with Crippen molar-refractivity contribution in [3.05, 3.63) is 36.0 Å². The lowest BCUT2D eigenvalue weighted by Crippen LogP contribution is -2.34. The van der Waals surface area contributed by atoms with Crippen LogP contribution in [0.1, 0.15) is 32.4 Å². The molecule has 2 atom stereocenters. The van der Waals surface area contributed by atoms with Gasteiger partial charge in [0.1, 0.15) is 17.4 Å². The van der Waals surface area contributed by atoms with Crippen LogP contribution in [-0.2, 0) is 0 Å². The molecule has 0 amide bonds. The fraction of sp³-hybridized carbons (Fsp3) is 0.471. The third-order valence-electron chi connectivity index (χ3n) is 4.33. The summed E-state index contributed by atoms with van der Waals surface area (Å²) in [4.78, 5) is 4.57. The summed E-state index contributed by atoms with van der Waals surface area (Å²) in [6.07, 6.45) is 1.30. The molecular weight excluding hydrogens is 250 g/mol. The quantitative estimate of drug-likeness (QED) is 0.909. The number of rotatable bonds is 2. The maximum Gasteiger partial charge on any atom is 0.146 e. The number of aliphatic hydroxyl groups is 1. The van der Waals surface area contributed by atoms with Gasteiger partial charge in [-0.05, 0) is 37.3 Å². The number of hydrogen-bond donors (Lipinski definition) is 1. The smallest absolute Gasteiger partial charge is 0.146 e. The van der Waals surface area contributed by atoms with Crippen molar-refractivity contribution in [2.75, 3.05) is 0 Å². The van der Waals surface area contributed by atoms with E-state index in [0.29, 0.717) is 0 Å². The first-order chi connectivity index (χ1) is 9.47. The molecule has 0 spiro atoms. The van der Waals surface area contributed by atoms with Gasteiger partial charge < -0.3 is 9.84 Å². The molecule has 0 aliphatic heterocycles. The molecule has 3 heteroatoms. The summed E-state index contributed by atoms with van der Waals surface area (Å²) in [5, 5.41) is 11.4. The fourth-order valence-electron chi connectivity index (χ4n) is 2.92. The van der Waals surface area contributed by atoms with E-state index in [2.05, 4.69) is 24.9 Å². The summed E-state index contributed by atoms with van der Waals surface area (Å²) in [7, 11) is 0. The van der Waals surface area contributed by atoms with Crippen LogP contribution in [0.5, 0.6) is 5.75 Å². The maximum absolute atomic E-state index is 10.4. The number of pyridine rings is 1. The number of fused-ring (bicyclic) bond motifs is 1. The third kappa shape index (κ3) is 2.27. The standard InChI is InChI=1S/C17H21NO2/c1-11-7-8-12-5-4-6-13(15(12)18-11)20-14-9-10-17(2,3)16(14)19/h4-8,14,16,19H,9-10H2,1-3H3. The van der Waals surface area contributed by atoms with Crippen LogP contribution in [0.15, 0.2) is 30.3 Å². The van der Waals surface area contributed by atoms with Gasteiger partial charge in [0.15, 0.2) is 0 Å². The highest BCUT2D eigenvalue weighted by atomic mass is 16.5. The largest absolute Gasteiger partial charge is 0.485 e. The van der Waals surface area contributed by atoms with E-state index < -0.39 is 6.10 Å². The third-order valence-corrected chi connectivity index (χ3v) is 4.33.